The van der Waals surface area contributed by atoms with Crippen molar-refractivity contribution in [2.24, 2.45) is 5.73 Å². The predicted molar refractivity (Wildman–Crippen MR) is 67.8 cm³/mol. The van der Waals surface area contributed by atoms with Gasteiger partial charge in [-0.1, -0.05) is 18.2 Å². The van der Waals surface area contributed by atoms with E-state index in [-0.39, 0.29) is 0 Å². The Morgan fingerprint density at radius 1 is 1.29 bits per heavy atom. The van der Waals surface area contributed by atoms with E-state index >= 15 is 0 Å². The van der Waals surface area contributed by atoms with Crippen LogP contribution in [0.3, 0.4) is 0 Å². The molecule has 0 radical (unpaired) electrons. The molecule has 0 unspecified atom stereocenters. The maximum Gasteiger partial charge on any atom is 0.191 e. The summed E-state index contributed by atoms with van der Waals surface area (Å²) in [6.07, 6.45) is 5.53. The maximum atomic E-state index is 8.70. The summed E-state index contributed by atoms with van der Waals surface area (Å²) in [5.41, 5.74) is 5.66. The van der Waals surface area contributed by atoms with Gasteiger partial charge in [0.25, 0.3) is 0 Å². The van der Waals surface area contributed by atoms with E-state index in [0.29, 0.717) is 19.2 Å². The maximum absolute atomic E-state index is 8.70. The van der Waals surface area contributed by atoms with Gasteiger partial charge in [-0.25, -0.2) is 0 Å². The van der Waals surface area contributed by atoms with Gasteiger partial charge in [-0.15, -0.1) is 10.2 Å². The van der Waals surface area contributed by atoms with Crippen LogP contribution in [0.4, 0.5) is 0 Å². The monoisotopic (exact) mass is 256 g/mol. The molecule has 0 spiro atoms. The molecule has 17 heavy (non-hydrogen) atoms. The minimum absolute atomic E-state index is 0.292. The van der Waals surface area contributed by atoms with Crippen molar-refractivity contribution in [3.05, 3.63) is 5.82 Å². The van der Waals surface area contributed by atoms with Gasteiger partial charge in [0.05, 0.1) is 6.54 Å². The van der Waals surface area contributed by atoms with Crippen LogP contribution in [0.25, 0.3) is 0 Å². The number of hydrogen-bond acceptors (Lipinski definition) is 5. The van der Waals surface area contributed by atoms with E-state index in [1.807, 2.05) is 0 Å². The molecule has 2 rings (SSSR count). The smallest absolute Gasteiger partial charge is 0.191 e. The number of nitrogens with two attached hydrogens (primary N) is 1. The molecule has 0 aromatic carbocycles. The lowest BCUT2D eigenvalue weighted by Gasteiger charge is -2.06. The summed E-state index contributed by atoms with van der Waals surface area (Å²) in [5, 5.41) is 18.1. The van der Waals surface area contributed by atoms with Crippen molar-refractivity contribution in [2.45, 2.75) is 49.8 Å². The van der Waals surface area contributed by atoms with E-state index in [1.165, 1.54) is 12.8 Å². The van der Waals surface area contributed by atoms with Crippen molar-refractivity contribution >= 4 is 11.8 Å². The summed E-state index contributed by atoms with van der Waals surface area (Å²) < 4.78 is 2.21. The van der Waals surface area contributed by atoms with Gasteiger partial charge in [0.15, 0.2) is 5.16 Å². The molecule has 1 saturated carbocycles. The highest BCUT2D eigenvalue weighted by atomic mass is 32.2. The van der Waals surface area contributed by atoms with Gasteiger partial charge in [0.2, 0.25) is 0 Å². The topological polar surface area (TPSA) is 77.0 Å². The van der Waals surface area contributed by atoms with Crippen molar-refractivity contribution in [3.63, 3.8) is 0 Å². The predicted octanol–water partition coefficient (Wildman–Crippen LogP) is 1.33. The SMILES string of the molecule is NCc1nnc(SCCCCCO)n1C1CC1. The Kier molecular flexibility index (Phi) is 4.82. The Balaban J connectivity index is 1.85. The van der Waals surface area contributed by atoms with Gasteiger partial charge >= 0.3 is 0 Å². The van der Waals surface area contributed by atoms with Gasteiger partial charge in [-0.2, -0.15) is 0 Å². The van der Waals surface area contributed by atoms with Gasteiger partial charge in [-0.05, 0) is 25.7 Å². The number of aromatic nitrogens is 3. The van der Waals surface area contributed by atoms with Crippen molar-refractivity contribution in [2.75, 3.05) is 12.4 Å². The minimum Gasteiger partial charge on any atom is -0.396 e. The van der Waals surface area contributed by atoms with E-state index in [9.17, 15) is 0 Å². The lowest BCUT2D eigenvalue weighted by atomic mass is 10.3. The van der Waals surface area contributed by atoms with Crippen LogP contribution in [0.2, 0.25) is 0 Å². The number of unbranched alkanes of at least 4 members (excludes halogenated alkanes) is 2. The molecular weight excluding hydrogens is 236 g/mol. The average molecular weight is 256 g/mol. The highest BCUT2D eigenvalue weighted by Crippen LogP contribution is 2.38. The van der Waals surface area contributed by atoms with E-state index in [4.69, 9.17) is 10.8 Å². The molecule has 5 nitrogen and oxygen atoms in total. The molecule has 6 heteroatoms. The molecule has 96 valence electrons. The summed E-state index contributed by atoms with van der Waals surface area (Å²) in [4.78, 5) is 0. The second-order valence-electron chi connectivity index (χ2n) is 4.34. The molecule has 1 heterocycles. The van der Waals surface area contributed by atoms with Gasteiger partial charge in [-0.3, -0.25) is 0 Å². The van der Waals surface area contributed by atoms with Crippen LogP contribution in [0.5, 0.6) is 0 Å². The minimum atomic E-state index is 0.292. The normalized spacial score (nSPS) is 15.4. The van der Waals surface area contributed by atoms with Crippen LogP contribution in [0.1, 0.15) is 44.0 Å². The van der Waals surface area contributed by atoms with E-state index in [2.05, 4.69) is 14.8 Å². The van der Waals surface area contributed by atoms with E-state index in [0.717, 1.165) is 36.0 Å². The van der Waals surface area contributed by atoms with Crippen LogP contribution in [0.15, 0.2) is 5.16 Å². The number of rotatable bonds is 8. The summed E-state index contributed by atoms with van der Waals surface area (Å²) in [6.45, 7) is 0.759. The van der Waals surface area contributed by atoms with Crippen LogP contribution in [-0.2, 0) is 6.54 Å². The quantitative estimate of drug-likeness (QED) is 0.542. The Hall–Kier alpha value is -0.590. The number of nitrogens with zero attached hydrogens (tertiary/aromatic N) is 3. The Labute approximate surface area is 106 Å². The van der Waals surface area contributed by atoms with Gasteiger partial charge in [0.1, 0.15) is 5.82 Å². The van der Waals surface area contributed by atoms with Crippen molar-refractivity contribution in [1.29, 1.82) is 0 Å². The molecule has 0 saturated heterocycles. The summed E-state index contributed by atoms with van der Waals surface area (Å²) in [6, 6.07) is 0.587. The second-order valence-corrected chi connectivity index (χ2v) is 5.40. The van der Waals surface area contributed by atoms with Crippen LogP contribution < -0.4 is 5.73 Å². The van der Waals surface area contributed by atoms with Crippen molar-refractivity contribution in [3.8, 4) is 0 Å². The lowest BCUT2D eigenvalue weighted by Crippen LogP contribution is -2.08. The fourth-order valence-electron chi connectivity index (χ4n) is 1.80. The Bertz CT molecular complexity index is 351. The highest BCUT2D eigenvalue weighted by Gasteiger charge is 2.28. The third-order valence-corrected chi connectivity index (χ3v) is 3.89. The summed E-state index contributed by atoms with van der Waals surface area (Å²) in [7, 11) is 0. The molecule has 1 aliphatic carbocycles. The Morgan fingerprint density at radius 2 is 2.12 bits per heavy atom. The third kappa shape index (κ3) is 3.43. The van der Waals surface area contributed by atoms with Crippen molar-refractivity contribution < 1.29 is 5.11 Å². The number of hydrogen-bond donors (Lipinski definition) is 2. The second kappa shape index (κ2) is 6.37. The molecule has 0 aliphatic heterocycles. The molecule has 0 atom stereocenters. The standard InChI is InChI=1S/C11H20N4OS/c12-8-10-13-14-11(15(10)9-4-5-9)17-7-3-1-2-6-16/h9,16H,1-8,12H2. The molecule has 3 N–H and O–H groups in total. The summed E-state index contributed by atoms with van der Waals surface area (Å²) >= 11 is 1.75. The first-order valence-corrected chi connectivity index (χ1v) is 7.23. The first-order chi connectivity index (χ1) is 8.36. The zero-order valence-electron chi connectivity index (χ0n) is 10.0. The first-order valence-electron chi connectivity index (χ1n) is 6.24. The zero-order chi connectivity index (χ0) is 12.1. The summed E-state index contributed by atoms with van der Waals surface area (Å²) in [5.74, 6) is 1.94. The fraction of sp³-hybridized carbons (Fsp3) is 0.818. The third-order valence-electron chi connectivity index (χ3n) is 2.86. The van der Waals surface area contributed by atoms with Crippen LogP contribution >= 0.6 is 11.8 Å². The molecule has 0 amide bonds. The van der Waals surface area contributed by atoms with Crippen molar-refractivity contribution in [1.82, 2.24) is 14.8 Å². The number of aliphatic hydroxyl groups is 1. The van der Waals surface area contributed by atoms with Gasteiger partial charge < -0.3 is 15.4 Å². The molecule has 1 aromatic rings. The molecule has 0 bridgehead atoms. The number of aliphatic hydroxyl groups excluding tert-OH is 1. The average Bonchev–Trinajstić information content (AvgIpc) is 3.10. The molecule has 1 fully saturated rings. The lowest BCUT2D eigenvalue weighted by molar-refractivity contribution is 0.284. The van der Waals surface area contributed by atoms with E-state index < -0.39 is 0 Å². The number of thioether (sulfide) groups is 1. The van der Waals surface area contributed by atoms with Crippen LogP contribution in [0, 0.1) is 0 Å². The molecule has 1 aliphatic rings. The highest BCUT2D eigenvalue weighted by molar-refractivity contribution is 7.99. The molecule has 1 aromatic heterocycles. The zero-order valence-corrected chi connectivity index (χ0v) is 10.8. The molecular formula is C11H20N4OS. The fourth-order valence-corrected chi connectivity index (χ4v) is 2.82. The Morgan fingerprint density at radius 3 is 2.76 bits per heavy atom. The van der Waals surface area contributed by atoms with Gasteiger partial charge in [0, 0.05) is 18.4 Å². The largest absolute Gasteiger partial charge is 0.396 e. The van der Waals surface area contributed by atoms with Crippen LogP contribution in [-0.4, -0.2) is 32.2 Å². The first kappa shape index (κ1) is 12.9. The van der Waals surface area contributed by atoms with E-state index in [1.54, 1.807) is 11.8 Å².